The molecule has 1 aromatic rings. The molecule has 2 heteroatoms. The summed E-state index contributed by atoms with van der Waals surface area (Å²) in [5.41, 5.74) is 9.15. The molecule has 0 amide bonds. The molecule has 0 spiro atoms. The standard InChI is InChI=1S/C19H29NO/c1-19(2,3)13-16(20)12-17(21)11-15-9-6-8-14-7-4-5-10-18(14)15/h4-5,7,10,15-16H,6,8-9,11-13,20H2,1-3H3. The molecule has 0 bridgehead atoms. The number of benzene rings is 1. The van der Waals surface area contributed by atoms with Gasteiger partial charge in [0.25, 0.3) is 0 Å². The Balaban J connectivity index is 1.92. The first kappa shape index (κ1) is 16.2. The van der Waals surface area contributed by atoms with Crippen molar-refractivity contribution in [2.24, 2.45) is 11.1 Å². The van der Waals surface area contributed by atoms with Crippen molar-refractivity contribution in [3.8, 4) is 0 Å². The highest BCUT2D eigenvalue weighted by molar-refractivity contribution is 5.80. The first-order valence-corrected chi connectivity index (χ1v) is 8.20. The van der Waals surface area contributed by atoms with Gasteiger partial charge in [0.05, 0.1) is 0 Å². The van der Waals surface area contributed by atoms with Gasteiger partial charge in [-0.2, -0.15) is 0 Å². The van der Waals surface area contributed by atoms with Crippen LogP contribution in [0.4, 0.5) is 0 Å². The molecule has 0 radical (unpaired) electrons. The second-order valence-electron chi connectivity index (χ2n) is 7.76. The predicted octanol–water partition coefficient (Wildman–Crippen LogP) is 4.22. The highest BCUT2D eigenvalue weighted by atomic mass is 16.1. The number of carbonyl (C=O) groups excluding carboxylic acids is 1. The van der Waals surface area contributed by atoms with Gasteiger partial charge in [-0.3, -0.25) is 4.79 Å². The smallest absolute Gasteiger partial charge is 0.135 e. The summed E-state index contributed by atoms with van der Waals surface area (Å²) in [5.74, 6) is 0.734. The molecule has 21 heavy (non-hydrogen) atoms. The Morgan fingerprint density at radius 1 is 1.33 bits per heavy atom. The van der Waals surface area contributed by atoms with E-state index in [9.17, 15) is 4.79 Å². The SMILES string of the molecule is CC(C)(C)CC(N)CC(=O)CC1CCCc2ccccc21. The van der Waals surface area contributed by atoms with Crippen LogP contribution in [0.5, 0.6) is 0 Å². The van der Waals surface area contributed by atoms with Gasteiger partial charge < -0.3 is 5.73 Å². The summed E-state index contributed by atoms with van der Waals surface area (Å²) in [5, 5.41) is 0. The van der Waals surface area contributed by atoms with Gasteiger partial charge >= 0.3 is 0 Å². The van der Waals surface area contributed by atoms with Crippen molar-refractivity contribution >= 4 is 5.78 Å². The Labute approximate surface area is 129 Å². The molecule has 1 aliphatic rings. The fraction of sp³-hybridized carbons (Fsp3) is 0.632. The summed E-state index contributed by atoms with van der Waals surface area (Å²) in [6, 6.07) is 8.59. The third-order valence-corrected chi connectivity index (χ3v) is 4.33. The fourth-order valence-electron chi connectivity index (χ4n) is 3.58. The average molecular weight is 287 g/mol. The normalized spacial score (nSPS) is 19.9. The van der Waals surface area contributed by atoms with Crippen LogP contribution in [-0.4, -0.2) is 11.8 Å². The Morgan fingerprint density at radius 3 is 2.76 bits per heavy atom. The van der Waals surface area contributed by atoms with Gasteiger partial charge in [0, 0.05) is 18.9 Å². The van der Waals surface area contributed by atoms with Gasteiger partial charge in [-0.25, -0.2) is 0 Å². The van der Waals surface area contributed by atoms with Gasteiger partial charge in [-0.1, -0.05) is 45.0 Å². The molecule has 2 N–H and O–H groups in total. The van der Waals surface area contributed by atoms with Crippen molar-refractivity contribution < 1.29 is 4.79 Å². The zero-order valence-corrected chi connectivity index (χ0v) is 13.7. The van der Waals surface area contributed by atoms with Crippen molar-refractivity contribution in [2.75, 3.05) is 0 Å². The molecular weight excluding hydrogens is 258 g/mol. The maximum Gasteiger partial charge on any atom is 0.135 e. The van der Waals surface area contributed by atoms with Crippen LogP contribution < -0.4 is 5.73 Å². The number of carbonyl (C=O) groups is 1. The summed E-state index contributed by atoms with van der Waals surface area (Å²) in [6.45, 7) is 6.53. The zero-order valence-electron chi connectivity index (χ0n) is 13.7. The Hall–Kier alpha value is -1.15. The van der Waals surface area contributed by atoms with Crippen LogP contribution in [0.3, 0.4) is 0 Å². The molecule has 0 aromatic heterocycles. The Morgan fingerprint density at radius 2 is 2.05 bits per heavy atom. The molecule has 2 rings (SSSR count). The minimum Gasteiger partial charge on any atom is -0.327 e. The molecule has 0 fully saturated rings. The molecule has 0 saturated carbocycles. The van der Waals surface area contributed by atoms with E-state index < -0.39 is 0 Å². The molecule has 0 heterocycles. The largest absolute Gasteiger partial charge is 0.327 e. The van der Waals surface area contributed by atoms with E-state index >= 15 is 0 Å². The Kier molecular flexibility index (Phi) is 5.21. The molecule has 2 nitrogen and oxygen atoms in total. The highest BCUT2D eigenvalue weighted by Crippen LogP contribution is 2.34. The fourth-order valence-corrected chi connectivity index (χ4v) is 3.58. The molecule has 116 valence electrons. The van der Waals surface area contributed by atoms with Crippen molar-refractivity contribution in [1.29, 1.82) is 0 Å². The number of hydrogen-bond acceptors (Lipinski definition) is 2. The second-order valence-corrected chi connectivity index (χ2v) is 7.76. The number of nitrogens with two attached hydrogens (primary N) is 1. The molecule has 0 saturated heterocycles. The first-order chi connectivity index (χ1) is 9.85. The summed E-state index contributed by atoms with van der Waals surface area (Å²) < 4.78 is 0. The maximum absolute atomic E-state index is 12.3. The average Bonchev–Trinajstić information content (AvgIpc) is 2.36. The van der Waals surface area contributed by atoms with Gasteiger partial charge in [-0.15, -0.1) is 0 Å². The lowest BCUT2D eigenvalue weighted by molar-refractivity contribution is -0.119. The quantitative estimate of drug-likeness (QED) is 0.881. The molecule has 0 aliphatic heterocycles. The minimum atomic E-state index is -0.00339. The maximum atomic E-state index is 12.3. The Bertz CT molecular complexity index is 487. The lowest BCUT2D eigenvalue weighted by atomic mass is 9.79. The monoisotopic (exact) mass is 287 g/mol. The molecule has 1 aliphatic carbocycles. The van der Waals surface area contributed by atoms with Crippen molar-refractivity contribution in [3.63, 3.8) is 0 Å². The van der Waals surface area contributed by atoms with Gasteiger partial charge in [-0.05, 0) is 48.1 Å². The topological polar surface area (TPSA) is 43.1 Å². The minimum absolute atomic E-state index is 0.00339. The van der Waals surface area contributed by atoms with Crippen LogP contribution in [0, 0.1) is 5.41 Å². The molecular formula is C19H29NO. The first-order valence-electron chi connectivity index (χ1n) is 8.20. The predicted molar refractivity (Wildman–Crippen MR) is 88.4 cm³/mol. The van der Waals surface area contributed by atoms with E-state index in [1.165, 1.54) is 17.5 Å². The highest BCUT2D eigenvalue weighted by Gasteiger charge is 2.24. The van der Waals surface area contributed by atoms with Crippen LogP contribution in [0.1, 0.15) is 69.9 Å². The van der Waals surface area contributed by atoms with Gasteiger partial charge in [0.15, 0.2) is 0 Å². The van der Waals surface area contributed by atoms with Crippen molar-refractivity contribution in [3.05, 3.63) is 35.4 Å². The van der Waals surface area contributed by atoms with Crippen LogP contribution >= 0.6 is 0 Å². The summed E-state index contributed by atoms with van der Waals surface area (Å²) in [4.78, 5) is 12.3. The van der Waals surface area contributed by atoms with E-state index in [2.05, 4.69) is 45.0 Å². The van der Waals surface area contributed by atoms with Crippen molar-refractivity contribution in [2.45, 2.75) is 71.3 Å². The third kappa shape index (κ3) is 4.96. The van der Waals surface area contributed by atoms with E-state index in [-0.39, 0.29) is 11.5 Å². The van der Waals surface area contributed by atoms with Crippen LogP contribution in [-0.2, 0) is 11.2 Å². The van der Waals surface area contributed by atoms with E-state index in [4.69, 9.17) is 5.73 Å². The van der Waals surface area contributed by atoms with E-state index in [1.807, 2.05) is 0 Å². The number of fused-ring (bicyclic) bond motifs is 1. The summed E-state index contributed by atoms with van der Waals surface area (Å²) >= 11 is 0. The summed E-state index contributed by atoms with van der Waals surface area (Å²) in [7, 11) is 0. The third-order valence-electron chi connectivity index (χ3n) is 4.33. The van der Waals surface area contributed by atoms with Crippen LogP contribution in [0.15, 0.2) is 24.3 Å². The summed E-state index contributed by atoms with van der Waals surface area (Å²) in [6.07, 6.45) is 5.58. The van der Waals surface area contributed by atoms with Crippen molar-refractivity contribution in [1.82, 2.24) is 0 Å². The number of ketones is 1. The van der Waals surface area contributed by atoms with Crippen LogP contribution in [0.2, 0.25) is 0 Å². The zero-order chi connectivity index (χ0) is 15.5. The number of rotatable bonds is 5. The van der Waals surface area contributed by atoms with Gasteiger partial charge in [0.2, 0.25) is 0 Å². The number of aryl methyl sites for hydroxylation is 1. The number of hydrogen-bond donors (Lipinski definition) is 1. The molecule has 2 unspecified atom stereocenters. The number of Topliss-reactive ketones (excluding diaryl/α,β-unsaturated/α-hetero) is 1. The lowest BCUT2D eigenvalue weighted by Gasteiger charge is -2.26. The van der Waals surface area contributed by atoms with E-state index in [0.717, 1.165) is 19.3 Å². The van der Waals surface area contributed by atoms with Crippen LogP contribution in [0.25, 0.3) is 0 Å². The van der Waals surface area contributed by atoms with E-state index in [1.54, 1.807) is 0 Å². The molecule has 2 atom stereocenters. The van der Waals surface area contributed by atoms with E-state index in [0.29, 0.717) is 24.5 Å². The second kappa shape index (κ2) is 6.74. The molecule has 1 aromatic carbocycles. The lowest BCUT2D eigenvalue weighted by Crippen LogP contribution is -2.29. The van der Waals surface area contributed by atoms with Gasteiger partial charge in [0.1, 0.15) is 5.78 Å².